The molecule has 2 rings (SSSR count). The molecule has 0 amide bonds. The summed E-state index contributed by atoms with van der Waals surface area (Å²) in [5.74, 6) is 2.27. The van der Waals surface area contributed by atoms with Gasteiger partial charge in [0.05, 0.1) is 0 Å². The molecule has 154 valence electrons. The molecule has 0 radical (unpaired) electrons. The zero-order chi connectivity index (χ0) is 21.4. The van der Waals surface area contributed by atoms with Gasteiger partial charge in [-0.15, -0.1) is 0 Å². The second-order valence-electron chi connectivity index (χ2n) is 5.64. The monoisotopic (exact) mass is 436 g/mol. The van der Waals surface area contributed by atoms with E-state index in [1.807, 2.05) is 36.0 Å². The molecule has 0 heterocycles. The molecule has 5 nitrogen and oxygen atoms in total. The molecule has 2 aromatic carbocycles. The van der Waals surface area contributed by atoms with Gasteiger partial charge in [-0.25, -0.2) is 0 Å². The zero-order valence-corrected chi connectivity index (χ0v) is 16.7. The fourth-order valence-electron chi connectivity index (χ4n) is 1.79. The Morgan fingerprint density at radius 3 is 1.75 bits per heavy atom. The van der Waals surface area contributed by atoms with Gasteiger partial charge in [0.15, 0.2) is 0 Å². The van der Waals surface area contributed by atoms with Gasteiger partial charge in [-0.05, 0) is 30.2 Å². The maximum atomic E-state index is 10.8. The number of thioether (sulfide) groups is 1. The topological polar surface area (TPSA) is 80.7 Å². The molecule has 0 fully saturated rings. The van der Waals surface area contributed by atoms with Crippen molar-refractivity contribution in [2.45, 2.75) is 30.9 Å². The van der Waals surface area contributed by atoms with Gasteiger partial charge >= 0.3 is 21.6 Å². The number of hydrogen-bond donors (Lipinski definition) is 1. The average molecular weight is 436 g/mol. The van der Waals surface area contributed by atoms with Crippen LogP contribution in [0.25, 0.3) is 0 Å². The second kappa shape index (κ2) is 10.5. The molecule has 0 aromatic heterocycles. The molecule has 2 aromatic rings. The summed E-state index contributed by atoms with van der Waals surface area (Å²) in [7, 11) is -5.84. The highest BCUT2D eigenvalue weighted by molar-refractivity contribution is 7.97. The Hall–Kier alpha value is -2.04. The van der Waals surface area contributed by atoms with Crippen molar-refractivity contribution in [3.8, 4) is 5.75 Å². The predicted molar refractivity (Wildman–Crippen MR) is 102 cm³/mol. The first kappa shape index (κ1) is 24.0. The minimum atomic E-state index is -5.84. The second-order valence-corrected chi connectivity index (χ2v) is 8.04. The van der Waals surface area contributed by atoms with E-state index in [-0.39, 0.29) is 5.97 Å². The van der Waals surface area contributed by atoms with Crippen LogP contribution >= 0.6 is 11.8 Å². The van der Waals surface area contributed by atoms with Gasteiger partial charge in [-0.2, -0.15) is 33.4 Å². The number of aryl methyl sites for hydroxylation is 1. The number of alkyl halides is 3. The van der Waals surface area contributed by atoms with Crippen molar-refractivity contribution in [2.24, 2.45) is 0 Å². The van der Waals surface area contributed by atoms with E-state index in [9.17, 15) is 18.0 Å². The van der Waals surface area contributed by atoms with Crippen LogP contribution in [0.3, 0.4) is 0 Å². The van der Waals surface area contributed by atoms with Crippen LogP contribution in [0.2, 0.25) is 0 Å². The quantitative estimate of drug-likeness (QED) is 0.315. The highest BCUT2D eigenvalue weighted by Gasteiger charge is 2.44. The van der Waals surface area contributed by atoms with Crippen LogP contribution in [0.5, 0.6) is 5.75 Å². The molecule has 0 aliphatic heterocycles. The number of esters is 1. The molecule has 0 aliphatic carbocycles. The van der Waals surface area contributed by atoms with Crippen LogP contribution in [0, 0.1) is 6.92 Å². The number of carbonyl (C=O) groups is 1. The third-order valence-corrected chi connectivity index (χ3v) is 4.80. The summed E-state index contributed by atoms with van der Waals surface area (Å²) in [5, 5.41) is 0. The number of halogens is 3. The van der Waals surface area contributed by atoms with Gasteiger partial charge in [-0.1, -0.05) is 42.0 Å². The van der Waals surface area contributed by atoms with E-state index in [4.69, 9.17) is 17.7 Å². The van der Waals surface area contributed by atoms with Crippen molar-refractivity contribution < 1.29 is 35.7 Å². The van der Waals surface area contributed by atoms with Gasteiger partial charge < -0.3 is 4.74 Å². The normalized spacial score (nSPS) is 11.4. The van der Waals surface area contributed by atoms with E-state index in [2.05, 4.69) is 31.2 Å². The standard InChI is InChI=1S/C17H18O2S.CHF3O3S/c1-13-3-5-15(6-4-13)11-20-12-16-7-9-17(10-8-16)19-14(2)18;2-1(3,4)8(5,6)7/h3-10H,11-12H2,1-2H3;(H,5,6,7). The summed E-state index contributed by atoms with van der Waals surface area (Å²) >= 11 is 1.88. The summed E-state index contributed by atoms with van der Waals surface area (Å²) in [6.45, 7) is 3.51. The number of carbonyl (C=O) groups excluding carboxylic acids is 1. The zero-order valence-electron chi connectivity index (χ0n) is 15.1. The fourth-order valence-corrected chi connectivity index (χ4v) is 2.75. The van der Waals surface area contributed by atoms with Gasteiger partial charge in [-0.3, -0.25) is 9.35 Å². The molecular formula is C18H19F3O5S2. The number of rotatable bonds is 5. The SMILES string of the molecule is CC(=O)Oc1ccc(CSCc2ccc(C)cc2)cc1.O=S(=O)(O)C(F)(F)F. The Balaban J connectivity index is 0.000000416. The Labute approximate surface area is 165 Å². The number of hydrogen-bond acceptors (Lipinski definition) is 5. The first-order valence-electron chi connectivity index (χ1n) is 7.83. The highest BCUT2D eigenvalue weighted by Crippen LogP contribution is 2.21. The lowest BCUT2D eigenvalue weighted by atomic mass is 10.2. The maximum absolute atomic E-state index is 10.8. The van der Waals surface area contributed by atoms with Gasteiger partial charge in [0.2, 0.25) is 0 Å². The smallest absolute Gasteiger partial charge is 0.427 e. The van der Waals surface area contributed by atoms with Crippen molar-refractivity contribution in [3.63, 3.8) is 0 Å². The predicted octanol–water partition coefficient (Wildman–Crippen LogP) is 4.75. The van der Waals surface area contributed by atoms with Crippen LogP contribution in [0.4, 0.5) is 13.2 Å². The molecule has 10 heteroatoms. The summed E-state index contributed by atoms with van der Waals surface area (Å²) in [6, 6.07) is 16.3. The molecule has 0 aliphatic rings. The van der Waals surface area contributed by atoms with E-state index in [0.29, 0.717) is 5.75 Å². The van der Waals surface area contributed by atoms with E-state index >= 15 is 0 Å². The van der Waals surface area contributed by atoms with E-state index in [0.717, 1.165) is 11.5 Å². The van der Waals surface area contributed by atoms with Crippen LogP contribution in [0.1, 0.15) is 23.6 Å². The van der Waals surface area contributed by atoms with Crippen molar-refractivity contribution >= 4 is 27.8 Å². The fraction of sp³-hybridized carbons (Fsp3) is 0.278. The van der Waals surface area contributed by atoms with Gasteiger partial charge in [0.25, 0.3) is 0 Å². The molecule has 0 spiro atoms. The Morgan fingerprint density at radius 2 is 1.39 bits per heavy atom. The van der Waals surface area contributed by atoms with Crippen LogP contribution in [0.15, 0.2) is 48.5 Å². The summed E-state index contributed by atoms with van der Waals surface area (Å²) in [6.07, 6.45) is 0. The van der Waals surface area contributed by atoms with Crippen LogP contribution < -0.4 is 4.74 Å². The Kier molecular flexibility index (Phi) is 8.99. The highest BCUT2D eigenvalue weighted by atomic mass is 32.2. The van der Waals surface area contributed by atoms with Crippen molar-refractivity contribution in [1.29, 1.82) is 0 Å². The molecule has 0 atom stereocenters. The summed E-state index contributed by atoms with van der Waals surface area (Å²) < 4.78 is 62.6. The Morgan fingerprint density at radius 1 is 1.00 bits per heavy atom. The minimum absolute atomic E-state index is 0.286. The lowest BCUT2D eigenvalue weighted by molar-refractivity contribution is -0.131. The van der Waals surface area contributed by atoms with E-state index in [1.165, 1.54) is 23.6 Å². The molecule has 0 unspecified atom stereocenters. The average Bonchev–Trinajstić information content (AvgIpc) is 2.56. The lowest BCUT2D eigenvalue weighted by Gasteiger charge is -2.05. The number of ether oxygens (including phenoxy) is 1. The van der Waals surface area contributed by atoms with E-state index in [1.54, 1.807) is 0 Å². The lowest BCUT2D eigenvalue weighted by Crippen LogP contribution is -2.21. The van der Waals surface area contributed by atoms with Crippen LogP contribution in [-0.4, -0.2) is 24.4 Å². The van der Waals surface area contributed by atoms with Gasteiger partial charge in [0.1, 0.15) is 5.75 Å². The summed E-state index contributed by atoms with van der Waals surface area (Å²) in [4.78, 5) is 10.8. The summed E-state index contributed by atoms with van der Waals surface area (Å²) in [5.41, 5.74) is -1.66. The molecule has 0 bridgehead atoms. The maximum Gasteiger partial charge on any atom is 0.522 e. The third kappa shape index (κ3) is 9.25. The largest absolute Gasteiger partial charge is 0.522 e. The van der Waals surface area contributed by atoms with Crippen molar-refractivity contribution in [3.05, 3.63) is 65.2 Å². The molecule has 0 saturated carbocycles. The molecule has 28 heavy (non-hydrogen) atoms. The third-order valence-electron chi connectivity index (χ3n) is 3.14. The van der Waals surface area contributed by atoms with Gasteiger partial charge in [0, 0.05) is 18.4 Å². The molecule has 0 saturated heterocycles. The van der Waals surface area contributed by atoms with Crippen molar-refractivity contribution in [2.75, 3.05) is 0 Å². The number of benzene rings is 2. The van der Waals surface area contributed by atoms with Crippen molar-refractivity contribution in [1.82, 2.24) is 0 Å². The Bertz CT molecular complexity index is 862. The molecule has 1 N–H and O–H groups in total. The molecular weight excluding hydrogens is 417 g/mol. The first-order chi connectivity index (χ1) is 12.9. The first-order valence-corrected chi connectivity index (χ1v) is 10.4. The minimum Gasteiger partial charge on any atom is -0.427 e. The van der Waals surface area contributed by atoms with E-state index < -0.39 is 15.6 Å². The van der Waals surface area contributed by atoms with Crippen LogP contribution in [-0.2, 0) is 26.4 Å².